The number of nitrogens with one attached hydrogen (secondary N) is 1. The molecule has 0 radical (unpaired) electrons. The van der Waals surface area contributed by atoms with Gasteiger partial charge in [-0.15, -0.1) is 0 Å². The molecule has 1 fully saturated rings. The lowest BCUT2D eigenvalue weighted by molar-refractivity contribution is -0.137. The van der Waals surface area contributed by atoms with Gasteiger partial charge >= 0.3 is 6.18 Å². The lowest BCUT2D eigenvalue weighted by Crippen LogP contribution is -2.60. The quantitative estimate of drug-likeness (QED) is 0.435. The van der Waals surface area contributed by atoms with Gasteiger partial charge in [-0.1, -0.05) is 12.1 Å². The van der Waals surface area contributed by atoms with Crippen LogP contribution in [-0.2, 0) is 6.18 Å². The summed E-state index contributed by atoms with van der Waals surface area (Å²) < 4.78 is 58.3. The summed E-state index contributed by atoms with van der Waals surface area (Å²) in [5, 5.41) is 4.17. The van der Waals surface area contributed by atoms with Crippen LogP contribution in [0.2, 0.25) is 0 Å². The molecule has 160 valence electrons. The summed E-state index contributed by atoms with van der Waals surface area (Å²) in [5.41, 5.74) is -1.91. The predicted octanol–water partition coefficient (Wildman–Crippen LogP) is 5.56. The molecule has 1 N–H and O–H groups in total. The second-order valence-corrected chi connectivity index (χ2v) is 7.39. The topological polar surface area (TPSA) is 50.7 Å². The second kappa shape index (κ2) is 7.77. The number of amides is 1. The first kappa shape index (κ1) is 21.0. The van der Waals surface area contributed by atoms with Crippen molar-refractivity contribution >= 4 is 22.4 Å². The number of alkyl halides is 4. The maximum Gasteiger partial charge on any atom is 0.416 e. The molecule has 3 aromatic rings. The fourth-order valence-corrected chi connectivity index (χ4v) is 3.23. The zero-order valence-electron chi connectivity index (χ0n) is 16.5. The molecular formula is C23H18F4N2O2. The van der Waals surface area contributed by atoms with Crippen LogP contribution in [0.3, 0.4) is 0 Å². The largest absolute Gasteiger partial charge is 0.457 e. The third-order valence-electron chi connectivity index (χ3n) is 5.22. The summed E-state index contributed by atoms with van der Waals surface area (Å²) in [5.74, 6) is 0.139. The minimum Gasteiger partial charge on any atom is -0.457 e. The molecular weight excluding hydrogens is 412 g/mol. The van der Waals surface area contributed by atoms with E-state index in [9.17, 15) is 22.4 Å². The van der Waals surface area contributed by atoms with Crippen molar-refractivity contribution in [1.29, 1.82) is 0 Å². The molecule has 0 atom stereocenters. The fraction of sp³-hybridized carbons (Fsp3) is 0.217. The molecule has 0 aromatic heterocycles. The van der Waals surface area contributed by atoms with Crippen LogP contribution in [0.15, 0.2) is 65.7 Å². The van der Waals surface area contributed by atoms with Crippen molar-refractivity contribution in [1.82, 2.24) is 5.32 Å². The van der Waals surface area contributed by atoms with Crippen molar-refractivity contribution in [2.45, 2.75) is 18.8 Å². The van der Waals surface area contributed by atoms with Crippen molar-refractivity contribution in [3.8, 4) is 11.5 Å². The Morgan fingerprint density at radius 1 is 1.06 bits per heavy atom. The Hall–Kier alpha value is -3.26. The summed E-state index contributed by atoms with van der Waals surface area (Å²) in [6, 6.07) is 14.4. The zero-order valence-corrected chi connectivity index (χ0v) is 16.5. The number of fused-ring (bicyclic) bond motifs is 1. The lowest BCUT2D eigenvalue weighted by Gasteiger charge is -2.34. The number of hydrogen-bond donors (Lipinski definition) is 1. The molecule has 3 aromatic carbocycles. The average molecular weight is 430 g/mol. The maximum atomic E-state index is 14.4. The van der Waals surface area contributed by atoms with Crippen LogP contribution in [0.1, 0.15) is 22.8 Å². The Bertz CT molecular complexity index is 1170. The van der Waals surface area contributed by atoms with E-state index < -0.39 is 23.3 Å². The molecule has 4 nitrogen and oxygen atoms in total. The summed E-state index contributed by atoms with van der Waals surface area (Å²) in [6.07, 6.45) is -4.42. The lowest BCUT2D eigenvalue weighted by atomic mass is 9.94. The van der Waals surface area contributed by atoms with Crippen LogP contribution < -0.4 is 10.1 Å². The van der Waals surface area contributed by atoms with Gasteiger partial charge in [0.2, 0.25) is 0 Å². The number of carbonyl (C=O) groups excluding carboxylic acids is 1. The number of ether oxygens (including phenoxy) is 1. The first-order chi connectivity index (χ1) is 14.7. The molecule has 1 aliphatic heterocycles. The van der Waals surface area contributed by atoms with Crippen LogP contribution in [0.5, 0.6) is 11.5 Å². The van der Waals surface area contributed by atoms with E-state index in [0.29, 0.717) is 22.1 Å². The Kier molecular flexibility index (Phi) is 5.26. The van der Waals surface area contributed by atoms with Gasteiger partial charge in [0.1, 0.15) is 11.5 Å². The summed E-state index contributed by atoms with van der Waals surface area (Å²) in [4.78, 5) is 16.4. The zero-order chi connectivity index (χ0) is 22.2. The monoisotopic (exact) mass is 430 g/mol. The summed E-state index contributed by atoms with van der Waals surface area (Å²) >= 11 is 0. The highest BCUT2D eigenvalue weighted by Gasteiger charge is 2.40. The van der Waals surface area contributed by atoms with Crippen LogP contribution >= 0.6 is 0 Å². The highest BCUT2D eigenvalue weighted by atomic mass is 19.4. The van der Waals surface area contributed by atoms with Crippen LogP contribution in [-0.4, -0.2) is 30.4 Å². The SMILES string of the molecule is CC(=NC(=O)c1ccc2c(Oc3ccc(C(F)(F)F)cc3)cccc2c1)C1(F)CNC1. The Morgan fingerprint density at radius 3 is 2.39 bits per heavy atom. The van der Waals surface area contributed by atoms with E-state index in [2.05, 4.69) is 10.3 Å². The molecule has 1 aliphatic rings. The second-order valence-electron chi connectivity index (χ2n) is 7.39. The Labute approximate surface area is 175 Å². The van der Waals surface area contributed by atoms with E-state index in [1.54, 1.807) is 36.4 Å². The minimum absolute atomic E-state index is 0.135. The van der Waals surface area contributed by atoms with Crippen molar-refractivity contribution in [3.63, 3.8) is 0 Å². The van der Waals surface area contributed by atoms with Gasteiger partial charge in [-0.3, -0.25) is 4.79 Å². The number of rotatable bonds is 4. The van der Waals surface area contributed by atoms with Gasteiger partial charge < -0.3 is 10.1 Å². The molecule has 4 rings (SSSR count). The Morgan fingerprint density at radius 2 is 1.77 bits per heavy atom. The number of aliphatic imine (C=N–C) groups is 1. The number of halogens is 4. The first-order valence-electron chi connectivity index (χ1n) is 9.53. The normalized spacial score (nSPS) is 16.1. The van der Waals surface area contributed by atoms with E-state index >= 15 is 0 Å². The predicted molar refractivity (Wildman–Crippen MR) is 110 cm³/mol. The third-order valence-corrected chi connectivity index (χ3v) is 5.22. The van der Waals surface area contributed by atoms with Gasteiger partial charge in [0.15, 0.2) is 5.67 Å². The third kappa shape index (κ3) is 4.29. The van der Waals surface area contributed by atoms with E-state index in [1.165, 1.54) is 19.1 Å². The molecule has 1 heterocycles. The number of carbonyl (C=O) groups is 1. The summed E-state index contributed by atoms with van der Waals surface area (Å²) in [6.45, 7) is 1.77. The molecule has 0 aliphatic carbocycles. The number of hydrogen-bond acceptors (Lipinski definition) is 3. The van der Waals surface area contributed by atoms with Crippen molar-refractivity contribution in [2.75, 3.05) is 13.1 Å². The maximum absolute atomic E-state index is 14.4. The van der Waals surface area contributed by atoms with Crippen molar-refractivity contribution in [3.05, 3.63) is 71.8 Å². The van der Waals surface area contributed by atoms with Crippen LogP contribution in [0.25, 0.3) is 10.8 Å². The van der Waals surface area contributed by atoms with Gasteiger partial charge in [-0.25, -0.2) is 9.38 Å². The highest BCUT2D eigenvalue weighted by molar-refractivity contribution is 6.08. The first-order valence-corrected chi connectivity index (χ1v) is 9.53. The summed E-state index contributed by atoms with van der Waals surface area (Å²) in [7, 11) is 0. The van der Waals surface area contributed by atoms with E-state index in [-0.39, 0.29) is 24.6 Å². The number of benzene rings is 3. The molecule has 1 amide bonds. The minimum atomic E-state index is -4.42. The van der Waals surface area contributed by atoms with Crippen LogP contribution in [0.4, 0.5) is 17.6 Å². The van der Waals surface area contributed by atoms with Gasteiger partial charge in [0.05, 0.1) is 11.3 Å². The Balaban J connectivity index is 1.58. The van der Waals surface area contributed by atoms with Gasteiger partial charge in [-0.05, 0) is 60.8 Å². The molecule has 8 heteroatoms. The van der Waals surface area contributed by atoms with Crippen molar-refractivity contribution < 1.29 is 27.1 Å². The van der Waals surface area contributed by atoms with E-state index in [4.69, 9.17) is 4.74 Å². The average Bonchev–Trinajstić information content (AvgIpc) is 2.71. The molecule has 0 saturated carbocycles. The smallest absolute Gasteiger partial charge is 0.416 e. The fourth-order valence-electron chi connectivity index (χ4n) is 3.23. The molecule has 1 saturated heterocycles. The molecule has 0 unspecified atom stereocenters. The molecule has 0 spiro atoms. The van der Waals surface area contributed by atoms with Crippen molar-refractivity contribution in [2.24, 2.45) is 4.99 Å². The standard InChI is InChI=1S/C23H18F4N2O2/c1-14(22(24)12-28-13-22)29-21(30)16-5-10-19-15(11-16)3-2-4-20(19)31-18-8-6-17(7-9-18)23(25,26)27/h2-11,28H,12-13H2,1H3. The van der Waals surface area contributed by atoms with Gasteiger partial charge in [-0.2, -0.15) is 13.2 Å². The van der Waals surface area contributed by atoms with Crippen LogP contribution in [0, 0.1) is 0 Å². The molecule has 31 heavy (non-hydrogen) atoms. The number of nitrogens with zero attached hydrogens (tertiary/aromatic N) is 1. The van der Waals surface area contributed by atoms with Gasteiger partial charge in [0.25, 0.3) is 5.91 Å². The highest BCUT2D eigenvalue weighted by Crippen LogP contribution is 2.34. The van der Waals surface area contributed by atoms with E-state index in [0.717, 1.165) is 12.1 Å². The van der Waals surface area contributed by atoms with Gasteiger partial charge in [0, 0.05) is 24.0 Å². The molecule has 0 bridgehead atoms. The van der Waals surface area contributed by atoms with E-state index in [1.807, 2.05) is 0 Å².